The molecule has 0 radical (unpaired) electrons. The van der Waals surface area contributed by atoms with E-state index in [1.54, 1.807) is 0 Å². The summed E-state index contributed by atoms with van der Waals surface area (Å²) < 4.78 is 8.93. The molecule has 2 aliphatic rings. The summed E-state index contributed by atoms with van der Waals surface area (Å²) in [4.78, 5) is 1.28. The summed E-state index contributed by atoms with van der Waals surface area (Å²) in [7, 11) is 0. The molecule has 0 atom stereocenters. The second kappa shape index (κ2) is 10.3. The number of nitrogens with one attached hydrogen (secondary N) is 1. The molecule has 2 aliphatic heterocycles. The SMILES string of the molecule is C\C=C/C=C1/C(c2ccc(SN(CC)CC)cc2)=CC2(CCNCC2)O/C1=C/C. The van der Waals surface area contributed by atoms with E-state index in [1.807, 2.05) is 18.9 Å². The first-order valence-corrected chi connectivity index (χ1v) is 11.6. The molecule has 29 heavy (non-hydrogen) atoms. The molecular formula is C25H34N2OS. The van der Waals surface area contributed by atoms with E-state index in [-0.39, 0.29) is 5.60 Å². The Morgan fingerprint density at radius 3 is 2.38 bits per heavy atom. The minimum absolute atomic E-state index is 0.204. The van der Waals surface area contributed by atoms with E-state index in [0.717, 1.165) is 44.8 Å². The highest BCUT2D eigenvalue weighted by atomic mass is 32.2. The zero-order valence-corrected chi connectivity index (χ0v) is 19.0. The van der Waals surface area contributed by atoms with Crippen molar-refractivity contribution in [3.63, 3.8) is 0 Å². The Bertz CT molecular complexity index is 795. The highest BCUT2D eigenvalue weighted by Gasteiger charge is 2.38. The van der Waals surface area contributed by atoms with E-state index >= 15 is 0 Å². The summed E-state index contributed by atoms with van der Waals surface area (Å²) in [6, 6.07) is 9.00. The van der Waals surface area contributed by atoms with Crippen LogP contribution in [0.15, 0.2) is 70.9 Å². The first kappa shape index (κ1) is 21.9. The summed E-state index contributed by atoms with van der Waals surface area (Å²) in [6.07, 6.45) is 12.8. The van der Waals surface area contributed by atoms with Gasteiger partial charge in [0.15, 0.2) is 0 Å². The van der Waals surface area contributed by atoms with Crippen molar-refractivity contribution in [1.82, 2.24) is 9.62 Å². The fourth-order valence-electron chi connectivity index (χ4n) is 3.89. The molecule has 2 heterocycles. The fraction of sp³-hybridized carbons (Fsp3) is 0.440. The smallest absolute Gasteiger partial charge is 0.130 e. The van der Waals surface area contributed by atoms with Crippen molar-refractivity contribution in [3.8, 4) is 0 Å². The molecule has 1 saturated heterocycles. The summed E-state index contributed by atoms with van der Waals surface area (Å²) in [5.41, 5.74) is 3.50. The van der Waals surface area contributed by atoms with Crippen LogP contribution in [0.5, 0.6) is 0 Å². The van der Waals surface area contributed by atoms with Crippen LogP contribution in [0, 0.1) is 0 Å². The third kappa shape index (κ3) is 5.25. The molecule has 1 aromatic carbocycles. The maximum Gasteiger partial charge on any atom is 0.130 e. The van der Waals surface area contributed by atoms with E-state index in [4.69, 9.17) is 4.74 Å². The summed E-state index contributed by atoms with van der Waals surface area (Å²) in [5, 5.41) is 3.46. The number of hydrogen-bond acceptors (Lipinski definition) is 4. The molecule has 0 amide bonds. The van der Waals surface area contributed by atoms with Gasteiger partial charge in [-0.3, -0.25) is 0 Å². The lowest BCUT2D eigenvalue weighted by molar-refractivity contribution is 0.0200. The average Bonchev–Trinajstić information content (AvgIpc) is 2.77. The van der Waals surface area contributed by atoms with E-state index in [0.29, 0.717) is 0 Å². The maximum absolute atomic E-state index is 6.56. The standard InChI is InChI=1S/C25H34N2OS/c1-5-9-10-22-23(19-25(28-24(22)6-2)15-17-26-18-16-25)20-11-13-21(14-12-20)29-27(7-3)8-4/h5-6,9-14,19,26H,7-8,15-18H2,1-4H3/b9-5-,22-10-,24-6+. The third-order valence-electron chi connectivity index (χ3n) is 5.55. The van der Waals surface area contributed by atoms with Gasteiger partial charge in [0.25, 0.3) is 0 Å². The highest BCUT2D eigenvalue weighted by Crippen LogP contribution is 2.43. The molecule has 1 fully saturated rings. The second-order valence-electron chi connectivity index (χ2n) is 7.46. The lowest BCUT2D eigenvalue weighted by Gasteiger charge is -2.41. The predicted octanol–water partition coefficient (Wildman–Crippen LogP) is 5.98. The molecule has 3 nitrogen and oxygen atoms in total. The first-order valence-electron chi connectivity index (χ1n) is 10.8. The van der Waals surface area contributed by atoms with Gasteiger partial charge in [0.05, 0.1) is 0 Å². The zero-order valence-electron chi connectivity index (χ0n) is 18.2. The molecular weight excluding hydrogens is 376 g/mol. The predicted molar refractivity (Wildman–Crippen MR) is 126 cm³/mol. The van der Waals surface area contributed by atoms with Crippen LogP contribution in [0.25, 0.3) is 5.57 Å². The Labute approximate surface area is 180 Å². The molecule has 0 unspecified atom stereocenters. The van der Waals surface area contributed by atoms with Gasteiger partial charge in [0, 0.05) is 36.4 Å². The quantitative estimate of drug-likeness (QED) is 0.583. The van der Waals surface area contributed by atoms with E-state index in [9.17, 15) is 0 Å². The van der Waals surface area contributed by atoms with E-state index in [1.165, 1.54) is 21.6 Å². The molecule has 0 aliphatic carbocycles. The van der Waals surface area contributed by atoms with Crippen molar-refractivity contribution < 1.29 is 4.74 Å². The van der Waals surface area contributed by atoms with Gasteiger partial charge in [-0.25, -0.2) is 4.31 Å². The van der Waals surface area contributed by atoms with Crippen LogP contribution < -0.4 is 5.32 Å². The number of rotatable bonds is 6. The number of piperidine rings is 1. The number of ether oxygens (including phenoxy) is 1. The zero-order chi connectivity index (χ0) is 20.7. The van der Waals surface area contributed by atoms with Gasteiger partial charge < -0.3 is 10.1 Å². The minimum atomic E-state index is -0.204. The summed E-state index contributed by atoms with van der Waals surface area (Å²) in [5.74, 6) is 0.990. The van der Waals surface area contributed by atoms with Gasteiger partial charge >= 0.3 is 0 Å². The molecule has 1 N–H and O–H groups in total. The summed E-state index contributed by atoms with van der Waals surface area (Å²) >= 11 is 1.83. The van der Waals surface area contributed by atoms with Crippen molar-refractivity contribution in [3.05, 3.63) is 71.5 Å². The van der Waals surface area contributed by atoms with Crippen LogP contribution in [0.2, 0.25) is 0 Å². The Balaban J connectivity index is 1.99. The largest absolute Gasteiger partial charge is 0.483 e. The van der Waals surface area contributed by atoms with E-state index < -0.39 is 0 Å². The molecule has 4 heteroatoms. The highest BCUT2D eigenvalue weighted by molar-refractivity contribution is 7.97. The van der Waals surface area contributed by atoms with Gasteiger partial charge in [-0.2, -0.15) is 0 Å². The Hall–Kier alpha value is -1.75. The normalized spacial score (nSPS) is 21.9. The molecule has 1 spiro atoms. The van der Waals surface area contributed by atoms with Crippen molar-refractivity contribution in [1.29, 1.82) is 0 Å². The molecule has 156 valence electrons. The van der Waals surface area contributed by atoms with Crippen LogP contribution in [0.3, 0.4) is 0 Å². The minimum Gasteiger partial charge on any atom is -0.483 e. The van der Waals surface area contributed by atoms with Gasteiger partial charge in [-0.05, 0) is 74.3 Å². The second-order valence-corrected chi connectivity index (χ2v) is 8.63. The molecule has 0 saturated carbocycles. The molecule has 3 rings (SSSR count). The van der Waals surface area contributed by atoms with Crippen LogP contribution in [0.4, 0.5) is 0 Å². The van der Waals surface area contributed by atoms with Crippen LogP contribution in [0.1, 0.15) is 46.1 Å². The Kier molecular flexibility index (Phi) is 7.82. The first-order chi connectivity index (χ1) is 14.1. The van der Waals surface area contributed by atoms with Crippen LogP contribution in [-0.4, -0.2) is 36.1 Å². The number of hydrogen-bond donors (Lipinski definition) is 1. The monoisotopic (exact) mass is 410 g/mol. The third-order valence-corrected chi connectivity index (χ3v) is 6.81. The van der Waals surface area contributed by atoms with Gasteiger partial charge in [-0.1, -0.05) is 44.2 Å². The number of benzene rings is 1. The molecule has 1 aromatic rings. The van der Waals surface area contributed by atoms with Gasteiger partial charge in [-0.15, -0.1) is 0 Å². The van der Waals surface area contributed by atoms with Gasteiger partial charge in [0.1, 0.15) is 11.4 Å². The Morgan fingerprint density at radius 1 is 1.10 bits per heavy atom. The lowest BCUT2D eigenvalue weighted by atomic mass is 9.82. The fourth-order valence-corrected chi connectivity index (χ4v) is 4.70. The topological polar surface area (TPSA) is 24.5 Å². The number of nitrogens with zero attached hydrogens (tertiary/aromatic N) is 1. The van der Waals surface area contributed by atoms with E-state index in [2.05, 4.69) is 85.0 Å². The molecule has 0 bridgehead atoms. The average molecular weight is 411 g/mol. The number of allylic oxidation sites excluding steroid dienone is 5. The van der Waals surface area contributed by atoms with Gasteiger partial charge in [0.2, 0.25) is 0 Å². The van der Waals surface area contributed by atoms with Crippen molar-refractivity contribution >= 4 is 17.5 Å². The van der Waals surface area contributed by atoms with Crippen molar-refractivity contribution in [2.75, 3.05) is 26.2 Å². The van der Waals surface area contributed by atoms with Crippen LogP contribution >= 0.6 is 11.9 Å². The van der Waals surface area contributed by atoms with Crippen molar-refractivity contribution in [2.24, 2.45) is 0 Å². The summed E-state index contributed by atoms with van der Waals surface area (Å²) in [6.45, 7) is 12.6. The lowest BCUT2D eigenvalue weighted by Crippen LogP contribution is -2.44. The maximum atomic E-state index is 6.56. The van der Waals surface area contributed by atoms with Crippen LogP contribution in [-0.2, 0) is 4.74 Å². The Morgan fingerprint density at radius 2 is 1.79 bits per heavy atom. The molecule has 0 aromatic heterocycles. The van der Waals surface area contributed by atoms with Crippen molar-refractivity contribution in [2.45, 2.75) is 51.0 Å².